The number of carbonyl (C=O) groups is 2. The summed E-state index contributed by atoms with van der Waals surface area (Å²) in [6, 6.07) is 3.09. The summed E-state index contributed by atoms with van der Waals surface area (Å²) in [6.07, 6.45) is 2.63. The molecule has 0 aliphatic heterocycles. The molecule has 1 heterocycles. The summed E-state index contributed by atoms with van der Waals surface area (Å²) in [5.74, 6) is -1.50. The standard InChI is InChI=1S/C13H18N2O4/c1-4-6-13(2,12(17)18)15-9-5-7-14-10(8-9)11(16)19-3/h5,7-8H,4,6H2,1-3H3,(H,14,15)(H,17,18). The van der Waals surface area contributed by atoms with E-state index in [1.807, 2.05) is 6.92 Å². The minimum Gasteiger partial charge on any atom is -0.480 e. The number of anilines is 1. The van der Waals surface area contributed by atoms with Crippen LogP contribution in [0, 0.1) is 0 Å². The number of methoxy groups -OCH3 is 1. The van der Waals surface area contributed by atoms with Crippen LogP contribution in [0.5, 0.6) is 0 Å². The smallest absolute Gasteiger partial charge is 0.356 e. The van der Waals surface area contributed by atoms with Gasteiger partial charge in [-0.3, -0.25) is 0 Å². The van der Waals surface area contributed by atoms with Gasteiger partial charge in [0.1, 0.15) is 11.2 Å². The van der Waals surface area contributed by atoms with E-state index in [1.165, 1.54) is 19.4 Å². The van der Waals surface area contributed by atoms with E-state index in [2.05, 4.69) is 15.0 Å². The number of carboxylic acid groups (broad SMARTS) is 1. The lowest BCUT2D eigenvalue weighted by atomic mass is 9.96. The van der Waals surface area contributed by atoms with E-state index in [0.717, 1.165) is 6.42 Å². The van der Waals surface area contributed by atoms with Crippen LogP contribution in [-0.4, -0.2) is 34.7 Å². The molecule has 0 amide bonds. The van der Waals surface area contributed by atoms with E-state index in [0.29, 0.717) is 12.1 Å². The van der Waals surface area contributed by atoms with Gasteiger partial charge >= 0.3 is 11.9 Å². The Balaban J connectivity index is 2.97. The van der Waals surface area contributed by atoms with Gasteiger partial charge < -0.3 is 15.2 Å². The van der Waals surface area contributed by atoms with Crippen molar-refractivity contribution in [2.75, 3.05) is 12.4 Å². The van der Waals surface area contributed by atoms with Gasteiger partial charge in [0.25, 0.3) is 0 Å². The largest absolute Gasteiger partial charge is 0.480 e. The molecule has 0 saturated carbocycles. The summed E-state index contributed by atoms with van der Waals surface area (Å²) >= 11 is 0. The number of aliphatic carboxylic acids is 1. The lowest BCUT2D eigenvalue weighted by Crippen LogP contribution is -2.43. The van der Waals surface area contributed by atoms with Gasteiger partial charge in [0, 0.05) is 11.9 Å². The van der Waals surface area contributed by atoms with Crippen LogP contribution >= 0.6 is 0 Å². The number of hydrogen-bond acceptors (Lipinski definition) is 5. The fourth-order valence-corrected chi connectivity index (χ4v) is 1.77. The van der Waals surface area contributed by atoms with Crippen molar-refractivity contribution in [3.05, 3.63) is 24.0 Å². The van der Waals surface area contributed by atoms with Crippen LogP contribution in [0.3, 0.4) is 0 Å². The Morgan fingerprint density at radius 1 is 1.53 bits per heavy atom. The van der Waals surface area contributed by atoms with Crippen molar-refractivity contribution in [3.8, 4) is 0 Å². The number of pyridine rings is 1. The van der Waals surface area contributed by atoms with Crippen molar-refractivity contribution >= 4 is 17.6 Å². The highest BCUT2D eigenvalue weighted by Gasteiger charge is 2.32. The molecule has 6 nitrogen and oxygen atoms in total. The molecule has 1 aromatic heterocycles. The van der Waals surface area contributed by atoms with Crippen LogP contribution in [0.15, 0.2) is 18.3 Å². The number of nitrogens with zero attached hydrogens (tertiary/aromatic N) is 1. The fourth-order valence-electron chi connectivity index (χ4n) is 1.77. The van der Waals surface area contributed by atoms with E-state index >= 15 is 0 Å². The van der Waals surface area contributed by atoms with Crippen LogP contribution in [0.4, 0.5) is 5.69 Å². The molecule has 1 rings (SSSR count). The molecule has 2 N–H and O–H groups in total. The topological polar surface area (TPSA) is 88.5 Å². The average molecular weight is 266 g/mol. The Morgan fingerprint density at radius 3 is 2.74 bits per heavy atom. The molecule has 0 aliphatic rings. The molecule has 0 radical (unpaired) electrons. The quantitative estimate of drug-likeness (QED) is 0.765. The normalized spacial score (nSPS) is 13.4. The Bertz CT molecular complexity index is 475. The molecule has 1 aromatic rings. The third kappa shape index (κ3) is 3.67. The van der Waals surface area contributed by atoms with Gasteiger partial charge in [-0.25, -0.2) is 14.6 Å². The van der Waals surface area contributed by atoms with Crippen molar-refractivity contribution in [3.63, 3.8) is 0 Å². The van der Waals surface area contributed by atoms with Crippen molar-refractivity contribution in [2.24, 2.45) is 0 Å². The number of carboxylic acids is 1. The number of nitrogens with one attached hydrogen (secondary N) is 1. The van der Waals surface area contributed by atoms with Gasteiger partial charge in [0.2, 0.25) is 0 Å². The molecule has 104 valence electrons. The number of esters is 1. The maximum Gasteiger partial charge on any atom is 0.356 e. The van der Waals surface area contributed by atoms with Gasteiger partial charge in [-0.2, -0.15) is 0 Å². The SMILES string of the molecule is CCCC(C)(Nc1ccnc(C(=O)OC)c1)C(=O)O. The molecule has 1 unspecified atom stereocenters. The first kappa shape index (κ1) is 14.9. The average Bonchev–Trinajstić information content (AvgIpc) is 2.38. The van der Waals surface area contributed by atoms with Crippen molar-refractivity contribution < 1.29 is 19.4 Å². The van der Waals surface area contributed by atoms with E-state index in [9.17, 15) is 14.7 Å². The first-order valence-corrected chi connectivity index (χ1v) is 5.99. The van der Waals surface area contributed by atoms with Gasteiger partial charge in [0.05, 0.1) is 7.11 Å². The lowest BCUT2D eigenvalue weighted by Gasteiger charge is -2.27. The second kappa shape index (κ2) is 6.17. The van der Waals surface area contributed by atoms with Gasteiger partial charge in [-0.15, -0.1) is 0 Å². The van der Waals surface area contributed by atoms with Crippen molar-refractivity contribution in [1.29, 1.82) is 0 Å². The van der Waals surface area contributed by atoms with Crippen molar-refractivity contribution in [1.82, 2.24) is 4.98 Å². The van der Waals surface area contributed by atoms with Gasteiger partial charge in [0.15, 0.2) is 0 Å². The minimum atomic E-state index is -1.08. The third-order valence-corrected chi connectivity index (χ3v) is 2.80. The second-order valence-electron chi connectivity index (χ2n) is 4.43. The summed E-state index contributed by atoms with van der Waals surface area (Å²) in [4.78, 5) is 26.6. The number of hydrogen-bond donors (Lipinski definition) is 2. The number of rotatable bonds is 6. The zero-order valence-electron chi connectivity index (χ0n) is 11.3. The summed E-state index contributed by atoms with van der Waals surface area (Å²) in [5, 5.41) is 12.2. The molecule has 0 aromatic carbocycles. The first-order chi connectivity index (χ1) is 8.92. The molecule has 0 fully saturated rings. The Labute approximate surface area is 111 Å². The highest BCUT2D eigenvalue weighted by Crippen LogP contribution is 2.21. The van der Waals surface area contributed by atoms with E-state index in [4.69, 9.17) is 0 Å². The summed E-state index contributed by atoms with van der Waals surface area (Å²) in [6.45, 7) is 3.52. The molecule has 19 heavy (non-hydrogen) atoms. The fraction of sp³-hybridized carbons (Fsp3) is 0.462. The predicted molar refractivity (Wildman–Crippen MR) is 70.1 cm³/mol. The number of ether oxygens (including phenoxy) is 1. The third-order valence-electron chi connectivity index (χ3n) is 2.80. The number of carbonyl (C=O) groups excluding carboxylic acids is 1. The predicted octanol–water partition coefficient (Wildman–Crippen LogP) is 1.92. The maximum atomic E-state index is 11.4. The van der Waals surface area contributed by atoms with Crippen molar-refractivity contribution in [2.45, 2.75) is 32.2 Å². The lowest BCUT2D eigenvalue weighted by molar-refractivity contribution is -0.141. The highest BCUT2D eigenvalue weighted by molar-refractivity contribution is 5.88. The van der Waals surface area contributed by atoms with E-state index in [-0.39, 0.29) is 5.69 Å². The van der Waals surface area contributed by atoms with Crippen LogP contribution in [0.1, 0.15) is 37.2 Å². The molecule has 6 heteroatoms. The number of aromatic nitrogens is 1. The van der Waals surface area contributed by atoms with Gasteiger partial charge in [-0.05, 0) is 25.5 Å². The van der Waals surface area contributed by atoms with Crippen LogP contribution in [-0.2, 0) is 9.53 Å². The second-order valence-corrected chi connectivity index (χ2v) is 4.43. The Kier molecular flexibility index (Phi) is 4.86. The molecular weight excluding hydrogens is 248 g/mol. The molecular formula is C13H18N2O4. The monoisotopic (exact) mass is 266 g/mol. The molecule has 1 atom stereocenters. The zero-order valence-corrected chi connectivity index (χ0v) is 11.3. The van der Waals surface area contributed by atoms with Crippen LogP contribution < -0.4 is 5.32 Å². The minimum absolute atomic E-state index is 0.136. The highest BCUT2D eigenvalue weighted by atomic mass is 16.5. The first-order valence-electron chi connectivity index (χ1n) is 5.99. The van der Waals surface area contributed by atoms with Gasteiger partial charge in [-0.1, -0.05) is 13.3 Å². The summed E-state index contributed by atoms with van der Waals surface area (Å²) in [7, 11) is 1.27. The summed E-state index contributed by atoms with van der Waals surface area (Å²) in [5.41, 5.74) is -0.422. The van der Waals surface area contributed by atoms with E-state index in [1.54, 1.807) is 13.0 Å². The zero-order chi connectivity index (χ0) is 14.5. The maximum absolute atomic E-state index is 11.4. The van der Waals surface area contributed by atoms with Crippen LogP contribution in [0.25, 0.3) is 0 Å². The van der Waals surface area contributed by atoms with E-state index < -0.39 is 17.5 Å². The Morgan fingerprint density at radius 2 is 2.21 bits per heavy atom. The molecule has 0 saturated heterocycles. The van der Waals surface area contributed by atoms with Crippen LogP contribution in [0.2, 0.25) is 0 Å². The molecule has 0 spiro atoms. The molecule has 0 bridgehead atoms. The Hall–Kier alpha value is -2.11. The molecule has 0 aliphatic carbocycles. The summed E-state index contributed by atoms with van der Waals surface area (Å²) < 4.78 is 4.57.